The number of hydrogen-bond acceptors (Lipinski definition) is 7. The van der Waals surface area contributed by atoms with Gasteiger partial charge in [0.15, 0.2) is 0 Å². The molecule has 3 amide bonds. The number of carboxylic acids is 1. The van der Waals surface area contributed by atoms with Gasteiger partial charge in [-0.3, -0.25) is 14.5 Å². The summed E-state index contributed by atoms with van der Waals surface area (Å²) in [6.07, 6.45) is -2.50. The largest absolute Gasteiger partial charge is 0.477 e. The zero-order valence-electron chi connectivity index (χ0n) is 19.1. The number of carbonyl (C=O) groups is 4. The molecule has 4 aliphatic rings. The van der Waals surface area contributed by atoms with Crippen LogP contribution in [-0.4, -0.2) is 99.8 Å². The predicted octanol–water partition coefficient (Wildman–Crippen LogP) is 1.16. The first-order valence-electron chi connectivity index (χ1n) is 11.2. The molecule has 0 radical (unpaired) electrons. The fourth-order valence-electron chi connectivity index (χ4n) is 4.92. The van der Waals surface area contributed by atoms with Crippen molar-refractivity contribution in [1.82, 2.24) is 14.7 Å². The number of rotatable bonds is 6. The van der Waals surface area contributed by atoms with E-state index in [9.17, 15) is 37.5 Å². The van der Waals surface area contributed by atoms with Crippen molar-refractivity contribution in [2.75, 3.05) is 38.5 Å². The lowest BCUT2D eigenvalue weighted by atomic mass is 9.95. The lowest BCUT2D eigenvalue weighted by molar-refractivity contribution is -0.181. The molecule has 10 nitrogen and oxygen atoms in total. The predicted molar refractivity (Wildman–Crippen MR) is 121 cm³/mol. The van der Waals surface area contributed by atoms with E-state index in [0.717, 1.165) is 9.80 Å². The summed E-state index contributed by atoms with van der Waals surface area (Å²) in [7, 11) is 0. The van der Waals surface area contributed by atoms with Crippen LogP contribution in [0.15, 0.2) is 35.6 Å². The lowest BCUT2D eigenvalue weighted by Crippen LogP contribution is -2.68. The van der Waals surface area contributed by atoms with Crippen LogP contribution in [0.5, 0.6) is 0 Å². The highest BCUT2D eigenvalue weighted by Crippen LogP contribution is 2.41. The number of β-lactam (4-membered cyclic amide) rings is 1. The topological polar surface area (TPSA) is 133 Å². The first-order valence-corrected chi connectivity index (χ1v) is 12.2. The maximum atomic E-state index is 13.7. The van der Waals surface area contributed by atoms with Crippen LogP contribution in [0.25, 0.3) is 0 Å². The fourth-order valence-corrected chi connectivity index (χ4v) is 6.17. The van der Waals surface area contributed by atoms with Crippen LogP contribution in [0.4, 0.5) is 18.0 Å². The van der Waals surface area contributed by atoms with E-state index in [4.69, 9.17) is 10.5 Å². The summed E-state index contributed by atoms with van der Waals surface area (Å²) in [4.78, 5) is 52.5. The molecule has 4 aliphatic heterocycles. The Kier molecular flexibility index (Phi) is 7.10. The van der Waals surface area contributed by atoms with Gasteiger partial charge >= 0.3 is 18.2 Å². The summed E-state index contributed by atoms with van der Waals surface area (Å²) in [6.45, 7) is 2.44. The van der Waals surface area contributed by atoms with Gasteiger partial charge in [-0.1, -0.05) is 12.7 Å². The number of carboxylic acid groups (broad SMARTS) is 1. The molecule has 0 saturated carbocycles. The fraction of sp³-hybridized carbons (Fsp3) is 0.545. The second-order valence-electron chi connectivity index (χ2n) is 8.96. The summed E-state index contributed by atoms with van der Waals surface area (Å²) in [5.41, 5.74) is 6.04. The van der Waals surface area contributed by atoms with Gasteiger partial charge in [-0.15, -0.1) is 11.8 Å². The van der Waals surface area contributed by atoms with E-state index in [1.54, 1.807) is 0 Å². The number of hydrogen-bond donors (Lipinski definition) is 2. The van der Waals surface area contributed by atoms with Crippen LogP contribution in [0, 0.1) is 11.8 Å². The Hall–Kier alpha value is -3.00. The molecular weight excluding hydrogens is 505 g/mol. The van der Waals surface area contributed by atoms with E-state index in [1.165, 1.54) is 28.8 Å². The number of carbonyl (C=O) groups excluding carboxylic acids is 3. The van der Waals surface area contributed by atoms with Crippen LogP contribution in [-0.2, 0) is 19.1 Å². The molecule has 0 unspecified atom stereocenters. The molecule has 14 heteroatoms. The van der Waals surface area contributed by atoms with Crippen molar-refractivity contribution >= 4 is 35.6 Å². The molecule has 3 fully saturated rings. The second-order valence-corrected chi connectivity index (χ2v) is 10.1. The van der Waals surface area contributed by atoms with Crippen molar-refractivity contribution in [1.29, 1.82) is 0 Å². The molecule has 4 rings (SSSR count). The Morgan fingerprint density at radius 2 is 2.00 bits per heavy atom. The minimum atomic E-state index is -4.57. The van der Waals surface area contributed by atoms with E-state index < -0.39 is 59.8 Å². The molecule has 0 aromatic rings. The molecule has 0 spiro atoms. The number of alkyl halides is 3. The van der Waals surface area contributed by atoms with Gasteiger partial charge in [0.05, 0.1) is 5.92 Å². The van der Waals surface area contributed by atoms with Crippen molar-refractivity contribution in [2.45, 2.75) is 24.0 Å². The highest BCUT2D eigenvalue weighted by atomic mass is 32.2. The molecule has 4 atom stereocenters. The zero-order valence-corrected chi connectivity index (χ0v) is 19.9. The first kappa shape index (κ1) is 26.1. The number of aliphatic carboxylic acids is 1. The third-order valence-corrected chi connectivity index (χ3v) is 8.03. The monoisotopic (exact) mass is 530 g/mol. The number of likely N-dealkylation sites (tertiary alicyclic amines) is 2. The number of ether oxygens (including phenoxy) is 1. The van der Waals surface area contributed by atoms with Crippen molar-refractivity contribution < 1.29 is 42.2 Å². The summed E-state index contributed by atoms with van der Waals surface area (Å²) in [5, 5.41) is 9.18. The Bertz CT molecular complexity index is 1060. The Morgan fingerprint density at radius 3 is 2.64 bits per heavy atom. The average molecular weight is 531 g/mol. The second kappa shape index (κ2) is 9.81. The van der Waals surface area contributed by atoms with Crippen LogP contribution in [0.3, 0.4) is 0 Å². The Balaban J connectivity index is 1.49. The van der Waals surface area contributed by atoms with Gasteiger partial charge in [-0.05, 0) is 18.1 Å². The van der Waals surface area contributed by atoms with Crippen molar-refractivity contribution in [3.63, 3.8) is 0 Å². The molecular formula is C22H25F3N4O6S. The maximum Gasteiger partial charge on any atom is 0.410 e. The molecule has 36 heavy (non-hydrogen) atoms. The number of thioether (sulfide) groups is 1. The number of halogens is 3. The van der Waals surface area contributed by atoms with E-state index in [0.29, 0.717) is 0 Å². The molecule has 3 saturated heterocycles. The molecule has 0 aromatic heterocycles. The third kappa shape index (κ3) is 4.71. The molecule has 0 aromatic carbocycles. The van der Waals surface area contributed by atoms with Crippen molar-refractivity contribution in [3.05, 3.63) is 35.6 Å². The van der Waals surface area contributed by atoms with E-state index in [-0.39, 0.29) is 55.3 Å². The minimum Gasteiger partial charge on any atom is -0.477 e. The van der Waals surface area contributed by atoms with E-state index in [1.807, 2.05) is 0 Å². The van der Waals surface area contributed by atoms with E-state index >= 15 is 0 Å². The standard InChI is InChI=1S/C22H25F3N4O6S/c1-2-5-35-21(34)28-8-13(14(9-28)22(23,24)25)7-27-4-3-11(17(27)30)6-12-10-36-19-15(26)18(31)29(19)16(12)20(32)33/h2,6,13-15,19H,1,3-5,7-10,26H2,(H,32,33)/t13-,14-,15+,19+/m0/s1. The van der Waals surface area contributed by atoms with Gasteiger partial charge in [0.2, 0.25) is 11.8 Å². The maximum absolute atomic E-state index is 13.7. The summed E-state index contributed by atoms with van der Waals surface area (Å²) in [6, 6.07) is -0.788. The van der Waals surface area contributed by atoms with Gasteiger partial charge in [0.1, 0.15) is 23.7 Å². The van der Waals surface area contributed by atoms with Gasteiger partial charge in [-0.25, -0.2) is 9.59 Å². The Morgan fingerprint density at radius 1 is 1.28 bits per heavy atom. The number of fused-ring (bicyclic) bond motifs is 1. The van der Waals surface area contributed by atoms with Crippen LogP contribution >= 0.6 is 11.8 Å². The van der Waals surface area contributed by atoms with Crippen LogP contribution in [0.2, 0.25) is 0 Å². The highest BCUT2D eigenvalue weighted by molar-refractivity contribution is 8.00. The zero-order chi connectivity index (χ0) is 26.4. The quantitative estimate of drug-likeness (QED) is 0.297. The minimum absolute atomic E-state index is 0.127. The molecule has 0 aliphatic carbocycles. The molecule has 3 N–H and O–H groups in total. The average Bonchev–Trinajstić information content (AvgIpc) is 3.41. The summed E-state index contributed by atoms with van der Waals surface area (Å²) < 4.78 is 45.9. The molecule has 196 valence electrons. The summed E-state index contributed by atoms with van der Waals surface area (Å²) >= 11 is 1.29. The molecule has 4 heterocycles. The number of amides is 3. The van der Waals surface area contributed by atoms with Crippen LogP contribution in [0.1, 0.15) is 6.42 Å². The van der Waals surface area contributed by atoms with Crippen molar-refractivity contribution in [2.24, 2.45) is 17.6 Å². The number of allylic oxidation sites excluding steroid dienone is 1. The van der Waals surface area contributed by atoms with Gasteiger partial charge in [0.25, 0.3) is 0 Å². The normalized spacial score (nSPS) is 29.6. The summed E-state index contributed by atoms with van der Waals surface area (Å²) in [5.74, 6) is -4.97. The first-order chi connectivity index (χ1) is 16.9. The van der Waals surface area contributed by atoms with Crippen molar-refractivity contribution in [3.8, 4) is 0 Å². The SMILES string of the molecule is C=CCOC(=O)N1C[C@H](CN2CCC(=CC3=C(C(=O)O)N4C(=O)[C@@H](N)[C@H]4SC3)C2=O)[C@@H](C(F)(F)F)C1. The van der Waals surface area contributed by atoms with Crippen LogP contribution < -0.4 is 5.73 Å². The smallest absolute Gasteiger partial charge is 0.410 e. The highest BCUT2D eigenvalue weighted by Gasteiger charge is 2.53. The van der Waals surface area contributed by atoms with E-state index in [2.05, 4.69) is 6.58 Å². The number of nitrogens with two attached hydrogens (primary N) is 1. The Labute approximate surface area is 208 Å². The van der Waals surface area contributed by atoms with Gasteiger partial charge < -0.3 is 25.4 Å². The number of nitrogens with zero attached hydrogens (tertiary/aromatic N) is 3. The lowest BCUT2D eigenvalue weighted by Gasteiger charge is -2.47. The van der Waals surface area contributed by atoms with Gasteiger partial charge in [0, 0.05) is 43.4 Å². The van der Waals surface area contributed by atoms with Gasteiger partial charge in [-0.2, -0.15) is 13.2 Å². The molecule has 0 bridgehead atoms. The third-order valence-electron chi connectivity index (χ3n) is 6.70.